The van der Waals surface area contributed by atoms with Crippen molar-refractivity contribution in [3.8, 4) is 5.75 Å². The number of hydrogen-bond acceptors (Lipinski definition) is 4. The molecule has 2 heterocycles. The van der Waals surface area contributed by atoms with Crippen molar-refractivity contribution in [2.45, 2.75) is 32.1 Å². The van der Waals surface area contributed by atoms with Gasteiger partial charge in [-0.3, -0.25) is 19.8 Å². The van der Waals surface area contributed by atoms with E-state index < -0.39 is 5.91 Å². The van der Waals surface area contributed by atoms with Gasteiger partial charge in [-0.2, -0.15) is 0 Å². The number of para-hydroxylation sites is 1. The number of amides is 3. The molecule has 1 aliphatic carbocycles. The highest BCUT2D eigenvalue weighted by Crippen LogP contribution is 2.46. The predicted octanol–water partition coefficient (Wildman–Crippen LogP) is 3.99. The molecule has 7 heteroatoms. The second kappa shape index (κ2) is 8.23. The Morgan fingerprint density at radius 1 is 1.00 bits per heavy atom. The van der Waals surface area contributed by atoms with E-state index in [1.807, 2.05) is 23.1 Å². The minimum Gasteiger partial charge on any atom is -0.490 e. The van der Waals surface area contributed by atoms with Gasteiger partial charge in [0.05, 0.1) is 12.2 Å². The Hall–Kier alpha value is -3.06. The summed E-state index contributed by atoms with van der Waals surface area (Å²) in [6.45, 7) is 1.46. The van der Waals surface area contributed by atoms with Crippen LogP contribution in [0.5, 0.6) is 5.75 Å². The molecule has 1 fully saturated rings. The monoisotopic (exact) mass is 421 g/mol. The lowest BCUT2D eigenvalue weighted by molar-refractivity contribution is 0.0706. The molecule has 0 radical (unpaired) electrons. The van der Waals surface area contributed by atoms with E-state index in [2.05, 4.69) is 6.07 Å². The number of rotatable bonds is 1. The molecule has 2 aromatic rings. The van der Waals surface area contributed by atoms with Crippen molar-refractivity contribution >= 4 is 23.3 Å². The number of anilines is 2. The van der Waals surface area contributed by atoms with Crippen LogP contribution in [0.25, 0.3) is 0 Å². The third kappa shape index (κ3) is 3.85. The van der Waals surface area contributed by atoms with Crippen LogP contribution in [0, 0.1) is 11.8 Å². The van der Waals surface area contributed by atoms with E-state index in [-0.39, 0.29) is 11.6 Å². The van der Waals surface area contributed by atoms with E-state index in [1.165, 1.54) is 18.4 Å². The second-order valence-electron chi connectivity index (χ2n) is 8.62. The summed E-state index contributed by atoms with van der Waals surface area (Å²) in [7, 11) is 0. The van der Waals surface area contributed by atoms with Crippen LogP contribution in [0.3, 0.4) is 0 Å². The van der Waals surface area contributed by atoms with Crippen LogP contribution in [0.4, 0.5) is 16.2 Å². The van der Waals surface area contributed by atoms with Crippen LogP contribution >= 0.6 is 0 Å². The number of ether oxygens (including phenoxy) is 1. The average molecular weight is 421 g/mol. The summed E-state index contributed by atoms with van der Waals surface area (Å²) in [6.07, 6.45) is 5.64. The highest BCUT2D eigenvalue weighted by atomic mass is 16.5. The van der Waals surface area contributed by atoms with Crippen molar-refractivity contribution in [3.05, 3.63) is 53.6 Å². The number of urea groups is 1. The van der Waals surface area contributed by atoms with Crippen molar-refractivity contribution in [2.75, 3.05) is 29.5 Å². The molecule has 2 unspecified atom stereocenters. The Kier molecular flexibility index (Phi) is 5.28. The first-order chi connectivity index (χ1) is 15.2. The van der Waals surface area contributed by atoms with E-state index in [0.29, 0.717) is 31.1 Å². The fraction of sp³-hybridized carbons (Fsp3) is 0.417. The summed E-state index contributed by atoms with van der Waals surface area (Å²) in [6, 6.07) is 12.9. The molecule has 31 heavy (non-hydrogen) atoms. The van der Waals surface area contributed by atoms with Crippen LogP contribution in [-0.2, 0) is 6.42 Å². The Bertz CT molecular complexity index is 1010. The van der Waals surface area contributed by atoms with Gasteiger partial charge in [-0.15, -0.1) is 0 Å². The summed E-state index contributed by atoms with van der Waals surface area (Å²) in [4.78, 5) is 29.3. The zero-order valence-electron chi connectivity index (χ0n) is 17.4. The number of nitrogens with zero attached hydrogens (tertiary/aromatic N) is 2. The number of hydroxylamine groups is 1. The second-order valence-corrected chi connectivity index (χ2v) is 8.62. The summed E-state index contributed by atoms with van der Waals surface area (Å²) in [5, 5.41) is 8.99. The molecule has 3 amide bonds. The Labute approximate surface area is 181 Å². The lowest BCUT2D eigenvalue weighted by atomic mass is 10.0. The van der Waals surface area contributed by atoms with Crippen molar-refractivity contribution in [1.82, 2.24) is 5.48 Å². The zero-order valence-corrected chi connectivity index (χ0v) is 17.4. The molecular weight excluding hydrogens is 394 g/mol. The summed E-state index contributed by atoms with van der Waals surface area (Å²) in [5.74, 6) is 1.59. The maximum absolute atomic E-state index is 13.8. The molecule has 0 spiro atoms. The van der Waals surface area contributed by atoms with E-state index in [9.17, 15) is 9.59 Å². The molecule has 2 aliphatic heterocycles. The first-order valence-corrected chi connectivity index (χ1v) is 11.0. The molecular formula is C24H27N3O4. The SMILES string of the molecule is O=C(NO)c1ccc2c(c1)N(C(=O)N1CCCC3CC3CCc3ccccc31)CCO2. The van der Waals surface area contributed by atoms with Crippen molar-refractivity contribution < 1.29 is 19.5 Å². The minimum atomic E-state index is -0.621. The molecule has 5 rings (SSSR count). The van der Waals surface area contributed by atoms with Gasteiger partial charge in [-0.1, -0.05) is 18.2 Å². The van der Waals surface area contributed by atoms with Crippen LogP contribution in [0.1, 0.15) is 41.6 Å². The van der Waals surface area contributed by atoms with Gasteiger partial charge in [0, 0.05) is 17.8 Å². The predicted molar refractivity (Wildman–Crippen MR) is 117 cm³/mol. The number of carbonyl (C=O) groups is 2. The molecule has 7 nitrogen and oxygen atoms in total. The number of nitrogens with one attached hydrogen (secondary N) is 1. The molecule has 0 saturated heterocycles. The Balaban J connectivity index is 1.49. The van der Waals surface area contributed by atoms with Gasteiger partial charge in [-0.05, 0) is 73.8 Å². The van der Waals surface area contributed by atoms with Crippen molar-refractivity contribution in [1.29, 1.82) is 0 Å². The van der Waals surface area contributed by atoms with Gasteiger partial charge in [0.25, 0.3) is 5.91 Å². The van der Waals surface area contributed by atoms with E-state index in [4.69, 9.17) is 9.94 Å². The van der Waals surface area contributed by atoms with Gasteiger partial charge < -0.3 is 4.74 Å². The molecule has 2 N–H and O–H groups in total. The quantitative estimate of drug-likeness (QED) is 0.539. The standard InChI is InChI=1S/C24H27N3O4/c28-23(25-30)19-9-10-22-21(15-19)27(12-13-31-22)24(29)26-11-3-5-17-14-18(17)8-7-16-4-1-2-6-20(16)26/h1-2,4,6,9-10,15,17-18,30H,3,5,7-8,11-14H2,(H,25,28). The number of fused-ring (bicyclic) bond motifs is 3. The fourth-order valence-electron chi connectivity index (χ4n) is 4.94. The summed E-state index contributed by atoms with van der Waals surface area (Å²) < 4.78 is 5.72. The van der Waals surface area contributed by atoms with Gasteiger partial charge in [0.2, 0.25) is 0 Å². The van der Waals surface area contributed by atoms with Crippen molar-refractivity contribution in [3.63, 3.8) is 0 Å². The molecule has 162 valence electrons. The smallest absolute Gasteiger partial charge is 0.329 e. The van der Waals surface area contributed by atoms with Gasteiger partial charge in [0.1, 0.15) is 12.4 Å². The maximum atomic E-state index is 13.8. The first kappa shape index (κ1) is 19.9. The van der Waals surface area contributed by atoms with Gasteiger partial charge in [-0.25, -0.2) is 10.3 Å². The lowest BCUT2D eigenvalue weighted by Crippen LogP contribution is -2.47. The number of benzene rings is 2. The molecule has 0 bridgehead atoms. The number of carbonyl (C=O) groups excluding carboxylic acids is 2. The minimum absolute atomic E-state index is 0.105. The largest absolute Gasteiger partial charge is 0.490 e. The van der Waals surface area contributed by atoms with Crippen LogP contribution in [0.2, 0.25) is 0 Å². The van der Waals surface area contributed by atoms with E-state index in [1.54, 1.807) is 28.6 Å². The number of hydrogen-bond donors (Lipinski definition) is 2. The molecule has 0 aromatic heterocycles. The average Bonchev–Trinajstić information content (AvgIpc) is 3.57. The van der Waals surface area contributed by atoms with Crippen LogP contribution < -0.4 is 20.0 Å². The van der Waals surface area contributed by atoms with Crippen molar-refractivity contribution in [2.24, 2.45) is 11.8 Å². The summed E-state index contributed by atoms with van der Waals surface area (Å²) >= 11 is 0. The highest BCUT2D eigenvalue weighted by molar-refractivity contribution is 6.06. The summed E-state index contributed by atoms with van der Waals surface area (Å²) in [5.41, 5.74) is 4.66. The third-order valence-corrected chi connectivity index (χ3v) is 6.74. The maximum Gasteiger partial charge on any atom is 0.329 e. The topological polar surface area (TPSA) is 82.1 Å². The van der Waals surface area contributed by atoms with E-state index in [0.717, 1.165) is 36.8 Å². The third-order valence-electron chi connectivity index (χ3n) is 6.74. The molecule has 3 aliphatic rings. The molecule has 2 atom stereocenters. The van der Waals surface area contributed by atoms with E-state index >= 15 is 0 Å². The van der Waals surface area contributed by atoms with Gasteiger partial charge >= 0.3 is 6.03 Å². The normalized spacial score (nSPS) is 22.4. The molecule has 2 aromatic carbocycles. The van der Waals surface area contributed by atoms with Crippen LogP contribution in [-0.4, -0.2) is 36.8 Å². The first-order valence-electron chi connectivity index (χ1n) is 11.0. The molecule has 1 saturated carbocycles. The number of aryl methyl sites for hydroxylation is 1. The Morgan fingerprint density at radius 3 is 2.68 bits per heavy atom. The van der Waals surface area contributed by atoms with Gasteiger partial charge in [0.15, 0.2) is 0 Å². The fourth-order valence-corrected chi connectivity index (χ4v) is 4.94. The Morgan fingerprint density at radius 2 is 1.81 bits per heavy atom. The lowest BCUT2D eigenvalue weighted by Gasteiger charge is -2.35. The zero-order chi connectivity index (χ0) is 21.4. The highest BCUT2D eigenvalue weighted by Gasteiger charge is 2.37. The van der Waals surface area contributed by atoms with Crippen LogP contribution in [0.15, 0.2) is 42.5 Å².